The predicted molar refractivity (Wildman–Crippen MR) is 58.1 cm³/mol. The van der Waals surface area contributed by atoms with Gasteiger partial charge in [0.2, 0.25) is 0 Å². The molecule has 1 N–H and O–H groups in total. The van der Waals surface area contributed by atoms with Crippen LogP contribution >= 0.6 is 0 Å². The van der Waals surface area contributed by atoms with Crippen LogP contribution in [0.5, 0.6) is 0 Å². The van der Waals surface area contributed by atoms with E-state index in [1.165, 1.54) is 5.56 Å². The molecule has 1 heteroatoms. The van der Waals surface area contributed by atoms with Crippen LogP contribution in [0.3, 0.4) is 0 Å². The molecule has 0 amide bonds. The second kappa shape index (κ2) is 3.74. The highest BCUT2D eigenvalue weighted by Crippen LogP contribution is 2.50. The van der Waals surface area contributed by atoms with Crippen molar-refractivity contribution in [1.82, 2.24) is 0 Å². The zero-order chi connectivity index (χ0) is 10.1. The third kappa shape index (κ3) is 1.83. The smallest absolute Gasteiger partial charge is 0.0597 e. The highest BCUT2D eigenvalue weighted by Gasteiger charge is 2.43. The van der Waals surface area contributed by atoms with E-state index >= 15 is 0 Å². The summed E-state index contributed by atoms with van der Waals surface area (Å²) in [6.07, 6.45) is 1.03. The monoisotopic (exact) mass is 190 g/mol. The zero-order valence-electron chi connectivity index (χ0n) is 8.85. The molecule has 0 aliphatic heterocycles. The lowest BCUT2D eigenvalue weighted by Crippen LogP contribution is -2.17. The van der Waals surface area contributed by atoms with E-state index in [9.17, 15) is 5.11 Å². The summed E-state index contributed by atoms with van der Waals surface area (Å²) in [5.41, 5.74) is 1.39. The Morgan fingerprint density at radius 2 is 1.86 bits per heavy atom. The number of benzene rings is 1. The summed E-state index contributed by atoms with van der Waals surface area (Å²) in [6, 6.07) is 10.5. The first kappa shape index (κ1) is 9.72. The fourth-order valence-corrected chi connectivity index (χ4v) is 2.17. The van der Waals surface area contributed by atoms with Crippen LogP contribution in [-0.2, 0) is 0 Å². The summed E-state index contributed by atoms with van der Waals surface area (Å²) in [7, 11) is 0. The van der Waals surface area contributed by atoms with E-state index in [0.29, 0.717) is 17.8 Å². The Kier molecular flexibility index (Phi) is 2.60. The van der Waals surface area contributed by atoms with Crippen molar-refractivity contribution in [2.24, 2.45) is 11.8 Å². The third-order valence-electron chi connectivity index (χ3n) is 3.19. The summed E-state index contributed by atoms with van der Waals surface area (Å²) in [6.45, 7) is 4.18. The van der Waals surface area contributed by atoms with Crippen molar-refractivity contribution in [3.63, 3.8) is 0 Å². The molecule has 76 valence electrons. The second-order valence-corrected chi connectivity index (χ2v) is 4.65. The largest absolute Gasteiger partial charge is 0.393 e. The van der Waals surface area contributed by atoms with Crippen molar-refractivity contribution in [3.8, 4) is 0 Å². The Balaban J connectivity index is 2.00. The van der Waals surface area contributed by atoms with E-state index < -0.39 is 0 Å². The number of rotatable bonds is 3. The first-order chi connectivity index (χ1) is 6.70. The molecule has 1 aliphatic rings. The van der Waals surface area contributed by atoms with E-state index in [2.05, 4.69) is 38.1 Å². The molecule has 0 radical (unpaired) electrons. The van der Waals surface area contributed by atoms with Crippen LogP contribution < -0.4 is 0 Å². The molecule has 0 heterocycles. The maximum absolute atomic E-state index is 9.90. The summed E-state index contributed by atoms with van der Waals surface area (Å²) in [5.74, 6) is 1.49. The second-order valence-electron chi connectivity index (χ2n) is 4.65. The van der Waals surface area contributed by atoms with Gasteiger partial charge in [0, 0.05) is 0 Å². The van der Waals surface area contributed by atoms with Crippen molar-refractivity contribution in [3.05, 3.63) is 35.9 Å². The predicted octanol–water partition coefficient (Wildman–Crippen LogP) is 2.81. The quantitative estimate of drug-likeness (QED) is 0.777. The van der Waals surface area contributed by atoms with E-state index in [1.54, 1.807) is 0 Å². The maximum Gasteiger partial charge on any atom is 0.0597 e. The minimum absolute atomic E-state index is 0.125. The fourth-order valence-electron chi connectivity index (χ4n) is 2.17. The van der Waals surface area contributed by atoms with Gasteiger partial charge in [-0.15, -0.1) is 0 Å². The van der Waals surface area contributed by atoms with E-state index in [-0.39, 0.29) is 6.10 Å². The molecule has 1 fully saturated rings. The summed E-state index contributed by atoms with van der Waals surface area (Å²) in [5, 5.41) is 9.90. The van der Waals surface area contributed by atoms with Crippen LogP contribution in [-0.4, -0.2) is 11.2 Å². The van der Waals surface area contributed by atoms with Gasteiger partial charge in [-0.2, -0.15) is 0 Å². The molecular weight excluding hydrogens is 172 g/mol. The van der Waals surface area contributed by atoms with Gasteiger partial charge < -0.3 is 5.11 Å². The lowest BCUT2D eigenvalue weighted by molar-refractivity contribution is 0.101. The van der Waals surface area contributed by atoms with Crippen LogP contribution in [0.2, 0.25) is 0 Å². The van der Waals surface area contributed by atoms with Crippen molar-refractivity contribution >= 4 is 0 Å². The first-order valence-corrected chi connectivity index (χ1v) is 5.43. The SMILES string of the molecule is CC(C)[C@@H](O)[C@H]1C[C@@H]1c1ccccc1. The number of aliphatic hydroxyl groups is 1. The van der Waals surface area contributed by atoms with Crippen LogP contribution in [0, 0.1) is 11.8 Å². The normalized spacial score (nSPS) is 27.7. The molecule has 1 aliphatic carbocycles. The van der Waals surface area contributed by atoms with E-state index in [0.717, 1.165) is 6.42 Å². The Morgan fingerprint density at radius 3 is 2.43 bits per heavy atom. The van der Waals surface area contributed by atoms with E-state index in [1.807, 2.05) is 6.07 Å². The first-order valence-electron chi connectivity index (χ1n) is 5.43. The van der Waals surface area contributed by atoms with Gasteiger partial charge in [0.1, 0.15) is 0 Å². The van der Waals surface area contributed by atoms with Crippen LogP contribution in [0.15, 0.2) is 30.3 Å². The molecule has 1 saturated carbocycles. The van der Waals surface area contributed by atoms with Crippen molar-refractivity contribution < 1.29 is 5.11 Å². The van der Waals surface area contributed by atoms with Crippen molar-refractivity contribution in [2.75, 3.05) is 0 Å². The van der Waals surface area contributed by atoms with Crippen LogP contribution in [0.25, 0.3) is 0 Å². The average molecular weight is 190 g/mol. The molecule has 0 spiro atoms. The topological polar surface area (TPSA) is 20.2 Å². The molecule has 0 aromatic heterocycles. The van der Waals surface area contributed by atoms with Gasteiger partial charge >= 0.3 is 0 Å². The Morgan fingerprint density at radius 1 is 1.21 bits per heavy atom. The Bertz CT molecular complexity index is 291. The molecule has 1 aromatic rings. The lowest BCUT2D eigenvalue weighted by atomic mass is 9.99. The Labute approximate surface area is 85.8 Å². The van der Waals surface area contributed by atoms with Gasteiger partial charge in [-0.1, -0.05) is 44.2 Å². The van der Waals surface area contributed by atoms with Gasteiger partial charge in [0.25, 0.3) is 0 Å². The van der Waals surface area contributed by atoms with Crippen LogP contribution in [0.4, 0.5) is 0 Å². The number of aliphatic hydroxyl groups excluding tert-OH is 1. The molecule has 3 atom stereocenters. The highest BCUT2D eigenvalue weighted by atomic mass is 16.3. The maximum atomic E-state index is 9.90. The molecule has 1 nitrogen and oxygen atoms in total. The molecule has 0 saturated heterocycles. The molecule has 14 heavy (non-hydrogen) atoms. The van der Waals surface area contributed by atoms with E-state index in [4.69, 9.17) is 0 Å². The summed E-state index contributed by atoms with van der Waals surface area (Å²) in [4.78, 5) is 0. The van der Waals surface area contributed by atoms with Crippen LogP contribution in [0.1, 0.15) is 31.7 Å². The van der Waals surface area contributed by atoms with Gasteiger partial charge in [0.05, 0.1) is 6.10 Å². The summed E-state index contributed by atoms with van der Waals surface area (Å²) >= 11 is 0. The molecule has 0 unspecified atom stereocenters. The number of hydrogen-bond donors (Lipinski definition) is 1. The van der Waals surface area contributed by atoms with Crippen molar-refractivity contribution in [1.29, 1.82) is 0 Å². The molecule has 1 aromatic carbocycles. The Hall–Kier alpha value is -0.820. The van der Waals surface area contributed by atoms with Gasteiger partial charge in [-0.25, -0.2) is 0 Å². The summed E-state index contributed by atoms with van der Waals surface area (Å²) < 4.78 is 0. The molecule has 2 rings (SSSR count). The number of hydrogen-bond acceptors (Lipinski definition) is 1. The zero-order valence-corrected chi connectivity index (χ0v) is 8.85. The third-order valence-corrected chi connectivity index (χ3v) is 3.19. The highest BCUT2D eigenvalue weighted by molar-refractivity contribution is 5.26. The van der Waals surface area contributed by atoms with Gasteiger partial charge in [-0.05, 0) is 29.7 Å². The standard InChI is InChI=1S/C13H18O/c1-9(2)13(14)12-8-11(12)10-6-4-3-5-7-10/h3-7,9,11-14H,8H2,1-2H3/t11-,12+,13-/m1/s1. The van der Waals surface area contributed by atoms with Crippen molar-refractivity contribution in [2.45, 2.75) is 32.3 Å². The minimum atomic E-state index is -0.125. The molecule has 0 bridgehead atoms. The van der Waals surface area contributed by atoms with Gasteiger partial charge in [0.15, 0.2) is 0 Å². The minimum Gasteiger partial charge on any atom is -0.393 e. The molecular formula is C13H18O. The van der Waals surface area contributed by atoms with Gasteiger partial charge in [-0.3, -0.25) is 0 Å². The fraction of sp³-hybridized carbons (Fsp3) is 0.538. The lowest BCUT2D eigenvalue weighted by Gasteiger charge is -2.13. The average Bonchev–Trinajstić information content (AvgIpc) is 2.97.